The van der Waals surface area contributed by atoms with Gasteiger partial charge >= 0.3 is 0 Å². The van der Waals surface area contributed by atoms with Gasteiger partial charge in [-0.2, -0.15) is 0 Å². The standard InChI is InChI=1S/C20H27N5O/c1-15(2)19(26)25-18-9-7-16(8-10-18)14-24-20(21-3)23-13-11-17-6-4-5-12-22-17/h4-10,12,15H,11,13-14H2,1-3H3,(H,25,26)(H2,21,23,24). The van der Waals surface area contributed by atoms with Crippen molar-refractivity contribution < 1.29 is 4.79 Å². The maximum absolute atomic E-state index is 11.7. The van der Waals surface area contributed by atoms with Crippen molar-refractivity contribution in [3.63, 3.8) is 0 Å². The smallest absolute Gasteiger partial charge is 0.226 e. The number of pyridine rings is 1. The second kappa shape index (κ2) is 10.2. The molecule has 0 saturated heterocycles. The van der Waals surface area contributed by atoms with Gasteiger partial charge in [0.2, 0.25) is 5.91 Å². The number of hydrogen-bond donors (Lipinski definition) is 3. The molecule has 0 aliphatic heterocycles. The van der Waals surface area contributed by atoms with Crippen molar-refractivity contribution in [2.45, 2.75) is 26.8 Å². The third-order valence-corrected chi connectivity index (χ3v) is 3.83. The van der Waals surface area contributed by atoms with Crippen LogP contribution in [0.4, 0.5) is 5.69 Å². The molecule has 2 aromatic rings. The Bertz CT molecular complexity index is 711. The summed E-state index contributed by atoms with van der Waals surface area (Å²) in [5.74, 6) is 0.739. The van der Waals surface area contributed by atoms with Crippen LogP contribution in [0, 0.1) is 5.92 Å². The monoisotopic (exact) mass is 353 g/mol. The molecule has 1 aromatic carbocycles. The van der Waals surface area contributed by atoms with Crippen LogP contribution in [0.25, 0.3) is 0 Å². The minimum Gasteiger partial charge on any atom is -0.356 e. The maximum atomic E-state index is 11.7. The first-order chi connectivity index (χ1) is 12.6. The van der Waals surface area contributed by atoms with E-state index in [1.165, 1.54) is 0 Å². The van der Waals surface area contributed by atoms with Gasteiger partial charge in [-0.1, -0.05) is 32.0 Å². The van der Waals surface area contributed by atoms with Gasteiger partial charge in [0.1, 0.15) is 0 Å². The Morgan fingerprint density at radius 1 is 1.12 bits per heavy atom. The average molecular weight is 353 g/mol. The molecule has 0 saturated carbocycles. The molecule has 2 rings (SSSR count). The highest BCUT2D eigenvalue weighted by Crippen LogP contribution is 2.10. The highest BCUT2D eigenvalue weighted by molar-refractivity contribution is 5.92. The highest BCUT2D eigenvalue weighted by Gasteiger charge is 2.06. The van der Waals surface area contributed by atoms with E-state index < -0.39 is 0 Å². The Labute approximate surface area is 155 Å². The molecule has 26 heavy (non-hydrogen) atoms. The zero-order valence-electron chi connectivity index (χ0n) is 15.6. The van der Waals surface area contributed by atoms with Crippen LogP contribution in [-0.4, -0.2) is 30.4 Å². The summed E-state index contributed by atoms with van der Waals surface area (Å²) in [6, 6.07) is 13.7. The Balaban J connectivity index is 1.76. The van der Waals surface area contributed by atoms with E-state index in [0.717, 1.165) is 35.9 Å². The van der Waals surface area contributed by atoms with Crippen molar-refractivity contribution in [3.8, 4) is 0 Å². The van der Waals surface area contributed by atoms with Crippen LogP contribution in [-0.2, 0) is 17.8 Å². The maximum Gasteiger partial charge on any atom is 0.226 e. The van der Waals surface area contributed by atoms with E-state index in [9.17, 15) is 4.79 Å². The van der Waals surface area contributed by atoms with Crippen LogP contribution in [0.3, 0.4) is 0 Å². The van der Waals surface area contributed by atoms with Crippen molar-refractivity contribution in [2.75, 3.05) is 18.9 Å². The average Bonchev–Trinajstić information content (AvgIpc) is 2.66. The first-order valence-corrected chi connectivity index (χ1v) is 8.82. The Kier molecular flexibility index (Phi) is 7.61. The van der Waals surface area contributed by atoms with Gasteiger partial charge in [0.25, 0.3) is 0 Å². The summed E-state index contributed by atoms with van der Waals surface area (Å²) in [6.45, 7) is 5.17. The molecule has 0 bridgehead atoms. The predicted octanol–water partition coefficient (Wildman–Crippen LogP) is 2.58. The molecule has 1 amide bonds. The number of aliphatic imine (C=N–C) groups is 1. The van der Waals surface area contributed by atoms with Gasteiger partial charge in [-0.25, -0.2) is 0 Å². The third-order valence-electron chi connectivity index (χ3n) is 3.83. The topological polar surface area (TPSA) is 78.4 Å². The van der Waals surface area contributed by atoms with E-state index >= 15 is 0 Å². The summed E-state index contributed by atoms with van der Waals surface area (Å²) >= 11 is 0. The van der Waals surface area contributed by atoms with Gasteiger partial charge in [-0.15, -0.1) is 0 Å². The van der Waals surface area contributed by atoms with Crippen LogP contribution in [0.1, 0.15) is 25.1 Å². The van der Waals surface area contributed by atoms with E-state index in [4.69, 9.17) is 0 Å². The molecule has 6 heteroatoms. The van der Waals surface area contributed by atoms with Gasteiger partial charge < -0.3 is 16.0 Å². The van der Waals surface area contributed by atoms with E-state index in [-0.39, 0.29) is 11.8 Å². The van der Waals surface area contributed by atoms with Gasteiger partial charge in [0.05, 0.1) is 0 Å². The Morgan fingerprint density at radius 3 is 2.50 bits per heavy atom. The number of carbonyl (C=O) groups is 1. The van der Waals surface area contributed by atoms with E-state index in [1.807, 2.05) is 56.3 Å². The number of aromatic nitrogens is 1. The fourth-order valence-electron chi connectivity index (χ4n) is 2.25. The van der Waals surface area contributed by atoms with Crippen molar-refractivity contribution in [1.82, 2.24) is 15.6 Å². The van der Waals surface area contributed by atoms with Crippen LogP contribution in [0.2, 0.25) is 0 Å². The molecule has 3 N–H and O–H groups in total. The molecule has 1 heterocycles. The number of hydrogen-bond acceptors (Lipinski definition) is 3. The molecule has 6 nitrogen and oxygen atoms in total. The number of anilines is 1. The second-order valence-electron chi connectivity index (χ2n) is 6.26. The molecule has 0 atom stereocenters. The minimum atomic E-state index is -0.0307. The van der Waals surface area contributed by atoms with Crippen LogP contribution in [0.5, 0.6) is 0 Å². The first kappa shape index (κ1) is 19.4. The third kappa shape index (κ3) is 6.55. The van der Waals surface area contributed by atoms with Crippen molar-refractivity contribution in [3.05, 3.63) is 59.9 Å². The van der Waals surface area contributed by atoms with Crippen molar-refractivity contribution in [2.24, 2.45) is 10.9 Å². The van der Waals surface area contributed by atoms with Crippen molar-refractivity contribution >= 4 is 17.6 Å². The van der Waals surface area contributed by atoms with Crippen LogP contribution >= 0.6 is 0 Å². The number of guanidine groups is 1. The lowest BCUT2D eigenvalue weighted by Crippen LogP contribution is -2.37. The van der Waals surface area contributed by atoms with Crippen LogP contribution in [0.15, 0.2) is 53.7 Å². The summed E-state index contributed by atoms with van der Waals surface area (Å²) < 4.78 is 0. The largest absolute Gasteiger partial charge is 0.356 e. The van der Waals surface area contributed by atoms with Gasteiger partial charge in [0.15, 0.2) is 5.96 Å². The molecular formula is C20H27N5O. The lowest BCUT2D eigenvalue weighted by Gasteiger charge is -2.12. The van der Waals surface area contributed by atoms with Gasteiger partial charge in [0, 0.05) is 50.1 Å². The summed E-state index contributed by atoms with van der Waals surface area (Å²) in [7, 11) is 1.75. The number of rotatable bonds is 7. The lowest BCUT2D eigenvalue weighted by atomic mass is 10.1. The zero-order valence-corrected chi connectivity index (χ0v) is 15.6. The molecule has 0 aliphatic rings. The number of benzene rings is 1. The van der Waals surface area contributed by atoms with Crippen LogP contribution < -0.4 is 16.0 Å². The highest BCUT2D eigenvalue weighted by atomic mass is 16.1. The summed E-state index contributed by atoms with van der Waals surface area (Å²) in [5.41, 5.74) is 2.97. The molecule has 0 fully saturated rings. The molecule has 1 aromatic heterocycles. The quantitative estimate of drug-likeness (QED) is 0.528. The van der Waals surface area contributed by atoms with Crippen molar-refractivity contribution in [1.29, 1.82) is 0 Å². The SMILES string of the molecule is CN=C(NCCc1ccccn1)NCc1ccc(NC(=O)C(C)C)cc1. The first-order valence-electron chi connectivity index (χ1n) is 8.82. The Hall–Kier alpha value is -2.89. The van der Waals surface area contributed by atoms with E-state index in [0.29, 0.717) is 6.54 Å². The molecular weight excluding hydrogens is 326 g/mol. The molecule has 138 valence electrons. The molecule has 0 unspecified atom stereocenters. The summed E-state index contributed by atoms with van der Waals surface area (Å²) in [6.07, 6.45) is 2.64. The van der Waals surface area contributed by atoms with E-state index in [1.54, 1.807) is 13.2 Å². The molecule has 0 radical (unpaired) electrons. The lowest BCUT2D eigenvalue weighted by molar-refractivity contribution is -0.118. The number of nitrogens with zero attached hydrogens (tertiary/aromatic N) is 2. The normalized spacial score (nSPS) is 11.3. The predicted molar refractivity (Wildman–Crippen MR) is 106 cm³/mol. The molecule has 0 aliphatic carbocycles. The number of amides is 1. The van der Waals surface area contributed by atoms with Gasteiger partial charge in [-0.05, 0) is 29.8 Å². The fraction of sp³-hybridized carbons (Fsp3) is 0.350. The molecule has 0 spiro atoms. The summed E-state index contributed by atoms with van der Waals surface area (Å²) in [5, 5.41) is 9.45. The number of carbonyl (C=O) groups excluding carboxylic acids is 1. The van der Waals surface area contributed by atoms with E-state index in [2.05, 4.69) is 25.9 Å². The van der Waals surface area contributed by atoms with Gasteiger partial charge in [-0.3, -0.25) is 14.8 Å². The minimum absolute atomic E-state index is 0.0217. The second-order valence-corrected chi connectivity index (χ2v) is 6.26. The number of nitrogens with one attached hydrogen (secondary N) is 3. The summed E-state index contributed by atoms with van der Waals surface area (Å²) in [4.78, 5) is 20.2. The zero-order chi connectivity index (χ0) is 18.8. The fourth-order valence-corrected chi connectivity index (χ4v) is 2.25. The Morgan fingerprint density at radius 2 is 1.88 bits per heavy atom.